The van der Waals surface area contributed by atoms with Crippen molar-refractivity contribution in [2.75, 3.05) is 6.61 Å². The molecule has 7 nitrogen and oxygen atoms in total. The Bertz CT molecular complexity index is 507. The Hall–Kier alpha value is -1.73. The summed E-state index contributed by atoms with van der Waals surface area (Å²) in [6.07, 6.45) is 8.49. The summed E-state index contributed by atoms with van der Waals surface area (Å²) in [5.41, 5.74) is 6.57. The Labute approximate surface area is 130 Å². The van der Waals surface area contributed by atoms with Crippen molar-refractivity contribution >= 4 is 5.91 Å². The molecule has 0 saturated carbocycles. The van der Waals surface area contributed by atoms with Gasteiger partial charge in [-0.1, -0.05) is 11.3 Å². The van der Waals surface area contributed by atoms with E-state index >= 15 is 0 Å². The summed E-state index contributed by atoms with van der Waals surface area (Å²) in [5.74, 6) is -0.370. The number of hydrogen-bond acceptors (Lipinski definition) is 5. The number of aromatic nitrogens is 3. The first kappa shape index (κ1) is 16.6. The van der Waals surface area contributed by atoms with Crippen LogP contribution in [0.15, 0.2) is 17.8 Å². The highest BCUT2D eigenvalue weighted by Crippen LogP contribution is 2.15. The summed E-state index contributed by atoms with van der Waals surface area (Å²) in [6, 6.07) is 0. The van der Waals surface area contributed by atoms with Crippen LogP contribution in [0.5, 0.6) is 0 Å². The van der Waals surface area contributed by atoms with Crippen LogP contribution in [-0.2, 0) is 27.4 Å². The van der Waals surface area contributed by atoms with Crippen molar-refractivity contribution in [3.05, 3.63) is 23.5 Å². The number of rotatable bonds is 8. The van der Waals surface area contributed by atoms with Crippen molar-refractivity contribution in [3.8, 4) is 0 Å². The number of aryl methyl sites for hydroxylation is 1. The van der Waals surface area contributed by atoms with Gasteiger partial charge in [0.1, 0.15) is 5.69 Å². The van der Waals surface area contributed by atoms with E-state index in [0.29, 0.717) is 12.2 Å². The number of carbonyl (C=O) groups is 1. The number of primary amides is 1. The Kier molecular flexibility index (Phi) is 6.54. The zero-order valence-corrected chi connectivity index (χ0v) is 13.0. The predicted octanol–water partition coefficient (Wildman–Crippen LogP) is 1.53. The maximum absolute atomic E-state index is 10.9. The lowest BCUT2D eigenvalue weighted by Crippen LogP contribution is -2.22. The predicted molar refractivity (Wildman–Crippen MR) is 80.6 cm³/mol. The molecule has 1 unspecified atom stereocenters. The highest BCUT2D eigenvalue weighted by Gasteiger charge is 2.14. The fourth-order valence-electron chi connectivity index (χ4n) is 2.21. The van der Waals surface area contributed by atoms with Crippen LogP contribution in [0.2, 0.25) is 0 Å². The van der Waals surface area contributed by atoms with Crippen LogP contribution in [0.1, 0.15) is 44.7 Å². The molecule has 2 heterocycles. The van der Waals surface area contributed by atoms with Crippen molar-refractivity contribution in [3.63, 3.8) is 0 Å². The van der Waals surface area contributed by atoms with Crippen molar-refractivity contribution < 1.29 is 14.3 Å². The van der Waals surface area contributed by atoms with Crippen molar-refractivity contribution in [1.29, 1.82) is 0 Å². The largest absolute Gasteiger partial charge is 0.366 e. The molecule has 1 aromatic heterocycles. The number of unbranched alkanes of at least 4 members (excludes halogenated alkanes) is 1. The van der Waals surface area contributed by atoms with Crippen LogP contribution in [-0.4, -0.2) is 33.8 Å². The van der Waals surface area contributed by atoms with Crippen molar-refractivity contribution in [2.24, 2.45) is 5.73 Å². The second-order valence-corrected chi connectivity index (χ2v) is 5.47. The van der Waals surface area contributed by atoms with E-state index in [1.807, 2.05) is 12.3 Å². The molecule has 1 fully saturated rings. The van der Waals surface area contributed by atoms with Gasteiger partial charge in [0, 0.05) is 18.7 Å². The van der Waals surface area contributed by atoms with E-state index in [2.05, 4.69) is 10.3 Å². The molecule has 2 rings (SSSR count). The maximum Gasteiger partial charge on any atom is 0.244 e. The summed E-state index contributed by atoms with van der Waals surface area (Å²) < 4.78 is 13.0. The number of carbonyl (C=O) groups excluding carboxylic acids is 1. The molecule has 2 N–H and O–H groups in total. The van der Waals surface area contributed by atoms with Gasteiger partial charge in [-0.05, 0) is 39.0 Å². The third kappa shape index (κ3) is 5.57. The first-order valence-corrected chi connectivity index (χ1v) is 7.74. The van der Waals surface area contributed by atoms with Gasteiger partial charge in [-0.2, -0.15) is 0 Å². The zero-order valence-electron chi connectivity index (χ0n) is 13.0. The van der Waals surface area contributed by atoms with Crippen LogP contribution in [0.3, 0.4) is 0 Å². The molecular formula is C15H24N4O3. The van der Waals surface area contributed by atoms with Crippen LogP contribution < -0.4 is 5.73 Å². The molecule has 1 aromatic rings. The summed E-state index contributed by atoms with van der Waals surface area (Å²) in [4.78, 5) is 10.9. The lowest BCUT2D eigenvalue weighted by atomic mass is 10.2. The molecule has 0 radical (unpaired) electrons. The summed E-state index contributed by atoms with van der Waals surface area (Å²) in [5, 5.41) is 8.15. The number of nitrogens with zero attached hydrogens (tertiary/aromatic N) is 3. The molecule has 1 aliphatic heterocycles. The third-order valence-corrected chi connectivity index (χ3v) is 3.57. The number of hydrogen-bond donors (Lipinski definition) is 1. The topological polar surface area (TPSA) is 92.3 Å². The minimum Gasteiger partial charge on any atom is -0.366 e. The van der Waals surface area contributed by atoms with Crippen molar-refractivity contribution in [1.82, 2.24) is 15.0 Å². The van der Waals surface area contributed by atoms with E-state index in [-0.39, 0.29) is 12.2 Å². The highest BCUT2D eigenvalue weighted by atomic mass is 16.7. The second kappa shape index (κ2) is 8.65. The van der Waals surface area contributed by atoms with Gasteiger partial charge in [-0.3, -0.25) is 9.48 Å². The molecule has 0 aliphatic carbocycles. The minimum atomic E-state index is -0.370. The lowest BCUT2D eigenvalue weighted by molar-refractivity contribution is -0.169. The fraction of sp³-hybridized carbons (Fsp3) is 0.667. The Morgan fingerprint density at radius 3 is 3.18 bits per heavy atom. The van der Waals surface area contributed by atoms with Crippen LogP contribution >= 0.6 is 0 Å². The van der Waals surface area contributed by atoms with Crippen LogP contribution in [0, 0.1) is 0 Å². The molecule has 22 heavy (non-hydrogen) atoms. The molecule has 0 spiro atoms. The van der Waals surface area contributed by atoms with Crippen molar-refractivity contribution in [2.45, 2.75) is 58.5 Å². The second-order valence-electron chi connectivity index (χ2n) is 5.47. The molecule has 1 amide bonds. The molecular weight excluding hydrogens is 284 g/mol. The van der Waals surface area contributed by atoms with E-state index in [0.717, 1.165) is 50.9 Å². The van der Waals surface area contributed by atoms with Gasteiger partial charge in [0.2, 0.25) is 5.91 Å². The van der Waals surface area contributed by atoms with Gasteiger partial charge in [0.25, 0.3) is 0 Å². The molecule has 1 saturated heterocycles. The SMILES string of the molecule is CC(=CCCCn1cc(COC2CCCCO2)nn1)C(N)=O. The summed E-state index contributed by atoms with van der Waals surface area (Å²) in [7, 11) is 0. The van der Waals surface area contributed by atoms with Gasteiger partial charge < -0.3 is 15.2 Å². The normalized spacial score (nSPS) is 19.3. The van der Waals surface area contributed by atoms with E-state index in [1.54, 1.807) is 11.6 Å². The molecule has 7 heteroatoms. The monoisotopic (exact) mass is 308 g/mol. The van der Waals surface area contributed by atoms with Crippen LogP contribution in [0.4, 0.5) is 0 Å². The Morgan fingerprint density at radius 2 is 2.45 bits per heavy atom. The molecule has 1 aliphatic rings. The maximum atomic E-state index is 10.9. The van der Waals surface area contributed by atoms with E-state index in [4.69, 9.17) is 15.2 Å². The zero-order chi connectivity index (χ0) is 15.8. The van der Waals surface area contributed by atoms with E-state index < -0.39 is 0 Å². The first-order chi connectivity index (χ1) is 10.6. The fourth-order valence-corrected chi connectivity index (χ4v) is 2.21. The Morgan fingerprint density at radius 1 is 1.59 bits per heavy atom. The smallest absolute Gasteiger partial charge is 0.244 e. The summed E-state index contributed by atoms with van der Waals surface area (Å²) in [6.45, 7) is 3.66. The Balaban J connectivity index is 1.67. The van der Waals surface area contributed by atoms with E-state index in [1.165, 1.54) is 0 Å². The van der Waals surface area contributed by atoms with E-state index in [9.17, 15) is 4.79 Å². The molecule has 0 bridgehead atoms. The summed E-state index contributed by atoms with van der Waals surface area (Å²) >= 11 is 0. The standard InChI is InChI=1S/C15H24N4O3/c1-12(15(16)20)6-2-4-8-19-10-13(17-18-19)11-22-14-7-3-5-9-21-14/h6,10,14H,2-5,7-9,11H2,1H3,(H2,16,20). The van der Waals surface area contributed by atoms with Gasteiger partial charge in [0.05, 0.1) is 12.8 Å². The van der Waals surface area contributed by atoms with Gasteiger partial charge in [-0.25, -0.2) is 0 Å². The number of nitrogens with two attached hydrogens (primary N) is 1. The molecule has 0 aromatic carbocycles. The first-order valence-electron chi connectivity index (χ1n) is 7.74. The van der Waals surface area contributed by atoms with Crippen LogP contribution in [0.25, 0.3) is 0 Å². The average Bonchev–Trinajstić information content (AvgIpc) is 2.98. The number of amides is 1. The highest BCUT2D eigenvalue weighted by molar-refractivity contribution is 5.91. The average molecular weight is 308 g/mol. The molecule has 122 valence electrons. The minimum absolute atomic E-state index is 0.110. The lowest BCUT2D eigenvalue weighted by Gasteiger charge is -2.22. The van der Waals surface area contributed by atoms with Gasteiger partial charge in [0.15, 0.2) is 6.29 Å². The third-order valence-electron chi connectivity index (χ3n) is 3.57. The quantitative estimate of drug-likeness (QED) is 0.581. The molecule has 1 atom stereocenters. The van der Waals surface area contributed by atoms with Gasteiger partial charge in [-0.15, -0.1) is 5.10 Å². The van der Waals surface area contributed by atoms with Gasteiger partial charge >= 0.3 is 0 Å². The number of allylic oxidation sites excluding steroid dienone is 1. The number of ether oxygens (including phenoxy) is 2.